The SMILES string of the molecule is O=C(O)c1cccc2c1nc(Cl)c1ccncc12. The van der Waals surface area contributed by atoms with Crippen molar-refractivity contribution in [3.63, 3.8) is 0 Å². The molecule has 88 valence electrons. The molecule has 0 saturated heterocycles. The van der Waals surface area contributed by atoms with E-state index in [0.717, 1.165) is 16.2 Å². The highest BCUT2D eigenvalue weighted by Crippen LogP contribution is 2.29. The Labute approximate surface area is 107 Å². The van der Waals surface area contributed by atoms with Crippen LogP contribution >= 0.6 is 11.6 Å². The number of carboxylic acids is 1. The molecule has 0 aliphatic carbocycles. The maximum atomic E-state index is 11.2. The minimum absolute atomic E-state index is 0.139. The summed E-state index contributed by atoms with van der Waals surface area (Å²) >= 11 is 6.08. The third kappa shape index (κ3) is 1.50. The number of halogens is 1. The van der Waals surface area contributed by atoms with E-state index < -0.39 is 5.97 Å². The summed E-state index contributed by atoms with van der Waals surface area (Å²) in [6.45, 7) is 0. The smallest absolute Gasteiger partial charge is 0.337 e. The maximum absolute atomic E-state index is 11.2. The van der Waals surface area contributed by atoms with Crippen molar-refractivity contribution in [2.75, 3.05) is 0 Å². The first-order valence-corrected chi connectivity index (χ1v) is 5.61. The maximum Gasteiger partial charge on any atom is 0.337 e. The molecule has 1 N–H and O–H groups in total. The average Bonchev–Trinajstić information content (AvgIpc) is 2.38. The summed E-state index contributed by atoms with van der Waals surface area (Å²) in [5.41, 5.74) is 0.524. The largest absolute Gasteiger partial charge is 0.478 e. The third-order valence-corrected chi connectivity index (χ3v) is 3.10. The molecule has 0 saturated carbocycles. The number of nitrogens with zero attached hydrogens (tertiary/aromatic N) is 2. The summed E-state index contributed by atoms with van der Waals surface area (Å²) in [6.07, 6.45) is 3.29. The van der Waals surface area contributed by atoms with Gasteiger partial charge in [0.2, 0.25) is 0 Å². The van der Waals surface area contributed by atoms with E-state index in [1.165, 1.54) is 6.07 Å². The molecule has 0 amide bonds. The Balaban J connectivity index is 2.58. The quantitative estimate of drug-likeness (QED) is 0.538. The molecule has 0 bridgehead atoms. The van der Waals surface area contributed by atoms with Crippen molar-refractivity contribution >= 4 is 39.2 Å². The second-order valence-electron chi connectivity index (χ2n) is 3.83. The van der Waals surface area contributed by atoms with Gasteiger partial charge in [0.05, 0.1) is 11.1 Å². The Kier molecular flexibility index (Phi) is 2.38. The Morgan fingerprint density at radius 2 is 2.00 bits per heavy atom. The molecule has 0 unspecified atom stereocenters. The summed E-state index contributed by atoms with van der Waals surface area (Å²) < 4.78 is 0. The molecule has 0 fully saturated rings. The molecule has 3 aromatic rings. The molecule has 5 heteroatoms. The second kappa shape index (κ2) is 3.92. The van der Waals surface area contributed by atoms with Gasteiger partial charge in [-0.2, -0.15) is 0 Å². The number of carboxylic acid groups (broad SMARTS) is 1. The van der Waals surface area contributed by atoms with E-state index in [0.29, 0.717) is 5.52 Å². The first-order valence-electron chi connectivity index (χ1n) is 5.24. The lowest BCUT2D eigenvalue weighted by molar-refractivity contribution is 0.0699. The molecule has 0 aliphatic heterocycles. The Morgan fingerprint density at radius 1 is 1.17 bits per heavy atom. The van der Waals surface area contributed by atoms with Crippen LogP contribution in [-0.4, -0.2) is 21.0 Å². The number of para-hydroxylation sites is 1. The molecule has 18 heavy (non-hydrogen) atoms. The number of carbonyl (C=O) groups is 1. The van der Waals surface area contributed by atoms with Gasteiger partial charge >= 0.3 is 5.97 Å². The molecule has 1 aromatic carbocycles. The van der Waals surface area contributed by atoms with Crippen molar-refractivity contribution in [3.8, 4) is 0 Å². The second-order valence-corrected chi connectivity index (χ2v) is 4.19. The number of benzene rings is 1. The van der Waals surface area contributed by atoms with E-state index in [2.05, 4.69) is 9.97 Å². The van der Waals surface area contributed by atoms with Gasteiger partial charge in [0.25, 0.3) is 0 Å². The van der Waals surface area contributed by atoms with Gasteiger partial charge in [0.15, 0.2) is 0 Å². The molecule has 2 aromatic heterocycles. The number of fused-ring (bicyclic) bond motifs is 3. The van der Waals surface area contributed by atoms with Crippen molar-refractivity contribution in [3.05, 3.63) is 47.4 Å². The monoisotopic (exact) mass is 258 g/mol. The zero-order chi connectivity index (χ0) is 12.7. The molecule has 3 rings (SSSR count). The fraction of sp³-hybridized carbons (Fsp3) is 0. The first kappa shape index (κ1) is 10.9. The highest BCUT2D eigenvalue weighted by Gasteiger charge is 2.13. The van der Waals surface area contributed by atoms with Gasteiger partial charge in [-0.1, -0.05) is 23.7 Å². The van der Waals surface area contributed by atoms with Gasteiger partial charge in [0.1, 0.15) is 5.15 Å². The van der Waals surface area contributed by atoms with E-state index in [4.69, 9.17) is 16.7 Å². The summed E-state index contributed by atoms with van der Waals surface area (Å²) in [5, 5.41) is 11.7. The highest BCUT2D eigenvalue weighted by atomic mass is 35.5. The van der Waals surface area contributed by atoms with Crippen LogP contribution in [-0.2, 0) is 0 Å². The van der Waals surface area contributed by atoms with Crippen LogP contribution in [0.1, 0.15) is 10.4 Å². The van der Waals surface area contributed by atoms with Gasteiger partial charge in [-0.25, -0.2) is 9.78 Å². The minimum Gasteiger partial charge on any atom is -0.478 e. The van der Waals surface area contributed by atoms with Gasteiger partial charge in [-0.05, 0) is 12.1 Å². The number of hydrogen-bond acceptors (Lipinski definition) is 3. The van der Waals surface area contributed by atoms with Crippen LogP contribution in [0.25, 0.3) is 21.7 Å². The zero-order valence-electron chi connectivity index (χ0n) is 9.09. The average molecular weight is 259 g/mol. The van der Waals surface area contributed by atoms with E-state index in [1.807, 2.05) is 6.07 Å². The molecule has 0 radical (unpaired) electrons. The van der Waals surface area contributed by atoms with Gasteiger partial charge in [0, 0.05) is 28.6 Å². The van der Waals surface area contributed by atoms with Crippen molar-refractivity contribution in [1.29, 1.82) is 0 Å². The van der Waals surface area contributed by atoms with Crippen LogP contribution in [0.3, 0.4) is 0 Å². The normalized spacial score (nSPS) is 10.9. The fourth-order valence-corrected chi connectivity index (χ4v) is 2.25. The molecule has 0 atom stereocenters. The van der Waals surface area contributed by atoms with Gasteiger partial charge in [-0.15, -0.1) is 0 Å². The molecular weight excluding hydrogens is 252 g/mol. The minimum atomic E-state index is -1.02. The standard InChI is InChI=1S/C13H7ClN2O2/c14-12-8-4-5-15-6-10(8)7-2-1-3-9(13(17)18)11(7)16-12/h1-6H,(H,17,18). The lowest BCUT2D eigenvalue weighted by atomic mass is 10.1. The van der Waals surface area contributed by atoms with Gasteiger partial charge < -0.3 is 5.11 Å². The number of aromatic carboxylic acids is 1. The van der Waals surface area contributed by atoms with Crippen LogP contribution in [0.2, 0.25) is 5.15 Å². The Morgan fingerprint density at radius 3 is 2.78 bits per heavy atom. The first-order chi connectivity index (χ1) is 8.68. The van der Waals surface area contributed by atoms with Crippen molar-refractivity contribution in [1.82, 2.24) is 9.97 Å². The summed E-state index contributed by atoms with van der Waals surface area (Å²) in [7, 11) is 0. The molecule has 0 spiro atoms. The summed E-state index contributed by atoms with van der Waals surface area (Å²) in [6, 6.07) is 6.77. The number of rotatable bonds is 1. The topological polar surface area (TPSA) is 63.1 Å². The predicted molar refractivity (Wildman–Crippen MR) is 69.0 cm³/mol. The van der Waals surface area contributed by atoms with Crippen molar-refractivity contribution in [2.45, 2.75) is 0 Å². The Bertz CT molecular complexity index is 786. The van der Waals surface area contributed by atoms with Crippen molar-refractivity contribution < 1.29 is 9.90 Å². The molecule has 4 nitrogen and oxygen atoms in total. The molecular formula is C13H7ClN2O2. The van der Waals surface area contributed by atoms with E-state index in [9.17, 15) is 4.79 Å². The number of pyridine rings is 2. The Hall–Kier alpha value is -2.20. The van der Waals surface area contributed by atoms with E-state index in [1.54, 1.807) is 24.5 Å². The van der Waals surface area contributed by atoms with Crippen molar-refractivity contribution in [2.24, 2.45) is 0 Å². The van der Waals surface area contributed by atoms with E-state index >= 15 is 0 Å². The van der Waals surface area contributed by atoms with E-state index in [-0.39, 0.29) is 10.7 Å². The highest BCUT2D eigenvalue weighted by molar-refractivity contribution is 6.36. The van der Waals surface area contributed by atoms with Crippen LogP contribution in [0.4, 0.5) is 0 Å². The van der Waals surface area contributed by atoms with Crippen LogP contribution in [0.15, 0.2) is 36.7 Å². The predicted octanol–water partition coefficient (Wildman–Crippen LogP) is 3.13. The number of hydrogen-bond donors (Lipinski definition) is 1. The van der Waals surface area contributed by atoms with Gasteiger partial charge in [-0.3, -0.25) is 4.98 Å². The summed E-state index contributed by atoms with van der Waals surface area (Å²) in [4.78, 5) is 19.4. The number of aromatic nitrogens is 2. The summed E-state index contributed by atoms with van der Waals surface area (Å²) in [5.74, 6) is -1.02. The lowest BCUT2D eigenvalue weighted by Gasteiger charge is -2.06. The third-order valence-electron chi connectivity index (χ3n) is 2.81. The lowest BCUT2D eigenvalue weighted by Crippen LogP contribution is -1.99. The molecule has 0 aliphatic rings. The molecule has 2 heterocycles. The fourth-order valence-electron chi connectivity index (χ4n) is 2.00. The van der Waals surface area contributed by atoms with Crippen LogP contribution in [0.5, 0.6) is 0 Å². The van der Waals surface area contributed by atoms with Crippen LogP contribution in [0, 0.1) is 0 Å². The van der Waals surface area contributed by atoms with Crippen LogP contribution < -0.4 is 0 Å². The zero-order valence-corrected chi connectivity index (χ0v) is 9.85.